The molecule has 1 saturated carbocycles. The Morgan fingerprint density at radius 3 is 1.77 bits per heavy atom. The Labute approximate surface area is 191 Å². The van der Waals surface area contributed by atoms with Gasteiger partial charge in [-0.25, -0.2) is 0 Å². The van der Waals surface area contributed by atoms with Gasteiger partial charge in [-0.2, -0.15) is 0 Å². The van der Waals surface area contributed by atoms with Crippen LogP contribution in [0, 0.1) is 5.41 Å². The van der Waals surface area contributed by atoms with Crippen LogP contribution in [0.1, 0.15) is 31.2 Å². The van der Waals surface area contributed by atoms with E-state index in [-0.39, 0.29) is 46.2 Å². The minimum absolute atomic E-state index is 0. The van der Waals surface area contributed by atoms with E-state index in [1.165, 1.54) is 27.1 Å². The molecule has 9 nitrogen and oxygen atoms in total. The summed E-state index contributed by atoms with van der Waals surface area (Å²) in [5, 5.41) is 21.9. The first-order valence-electron chi connectivity index (χ1n) is 9.60. The predicted molar refractivity (Wildman–Crippen MR) is 102 cm³/mol. The molecule has 10 heteroatoms. The van der Waals surface area contributed by atoms with E-state index in [9.17, 15) is 19.8 Å². The monoisotopic (exact) mass is 602 g/mol. The van der Waals surface area contributed by atoms with Gasteiger partial charge < -0.3 is 40.7 Å². The van der Waals surface area contributed by atoms with Crippen molar-refractivity contribution in [1.29, 1.82) is 0 Å². The molecule has 0 aromatic heterocycles. The zero-order valence-corrected chi connectivity index (χ0v) is 19.5. The molecule has 0 amide bonds. The molecule has 1 heterocycles. The molecule has 2 fully saturated rings. The van der Waals surface area contributed by atoms with Crippen LogP contribution in [0.4, 0.5) is 0 Å². The summed E-state index contributed by atoms with van der Waals surface area (Å²) in [7, 11) is 3.05. The van der Waals surface area contributed by atoms with Crippen molar-refractivity contribution in [2.24, 2.45) is 16.9 Å². The molecule has 2 aliphatic rings. The van der Waals surface area contributed by atoms with Gasteiger partial charge in [0, 0.05) is 37.8 Å². The van der Waals surface area contributed by atoms with Crippen LogP contribution in [-0.2, 0) is 37.2 Å². The average Bonchev–Trinajstić information content (AvgIpc) is 2.66. The Bertz CT molecular complexity index is 678. The molecule has 170 valence electrons. The molecule has 3 rings (SSSR count). The third-order valence-electron chi connectivity index (χ3n) is 5.46. The minimum Gasteiger partial charge on any atom is -0.549 e. The van der Waals surface area contributed by atoms with E-state index in [0.29, 0.717) is 18.0 Å². The van der Waals surface area contributed by atoms with Crippen LogP contribution in [0.5, 0.6) is 11.5 Å². The Hall–Kier alpha value is -1.67. The number of likely N-dealkylation sites (tertiary alicyclic amines) is 1. The zero-order chi connectivity index (χ0) is 21.6. The van der Waals surface area contributed by atoms with Crippen LogP contribution >= 0.6 is 0 Å². The van der Waals surface area contributed by atoms with Crippen LogP contribution in [-0.4, -0.2) is 56.2 Å². The quantitative estimate of drug-likeness (QED) is 0.360. The topological polar surface area (TPSA) is 154 Å². The standard InChI is InChI=1S/C14H17NO6.C6H14N2.Pt/c1-20-10-3-9(4-11(5-10)21-2)6-15-7-14(8-15,12(16)17)13(18)19;7-5-3-1-2-4-6(5)8;/h3-5H,6-8H2,1-2H3,(H,16,17)(H,18,19);5-6H,1-4,7-8H2;/q;;+2/p-2/t;5-,6-;/m.1./s1. The van der Waals surface area contributed by atoms with Crippen molar-refractivity contribution >= 4 is 11.9 Å². The minimum atomic E-state index is -1.91. The number of methoxy groups -OCH3 is 2. The molecule has 0 spiro atoms. The largest absolute Gasteiger partial charge is 2.00 e. The Balaban J connectivity index is 0.000000421. The summed E-state index contributed by atoms with van der Waals surface area (Å²) < 4.78 is 10.3. The van der Waals surface area contributed by atoms with Crippen LogP contribution < -0.4 is 31.2 Å². The van der Waals surface area contributed by atoms with E-state index in [0.717, 1.165) is 18.4 Å². The second-order valence-corrected chi connectivity index (χ2v) is 7.64. The van der Waals surface area contributed by atoms with Gasteiger partial charge >= 0.3 is 21.1 Å². The fourth-order valence-electron chi connectivity index (χ4n) is 3.57. The predicted octanol–water partition coefficient (Wildman–Crippen LogP) is -1.78. The maximum atomic E-state index is 10.9. The first kappa shape index (κ1) is 26.4. The molecule has 1 aromatic carbocycles. The first-order chi connectivity index (χ1) is 13.7. The molecule has 4 N–H and O–H groups in total. The average molecular weight is 603 g/mol. The SMILES string of the molecule is COc1cc(CN2CC(C(=O)[O-])(C(=O)[O-])C2)cc(OC)c1.N[C@@H]1CCCC[C@H]1N.[Pt+2]. The number of benzene rings is 1. The molecule has 0 bridgehead atoms. The van der Waals surface area contributed by atoms with Gasteiger partial charge in [-0.15, -0.1) is 0 Å². The normalized spacial score (nSPS) is 22.4. The molecular formula is C20H29N3O6Pt. The van der Waals surface area contributed by atoms with Crippen molar-refractivity contribution in [1.82, 2.24) is 4.90 Å². The van der Waals surface area contributed by atoms with Crippen molar-refractivity contribution in [3.8, 4) is 11.5 Å². The van der Waals surface area contributed by atoms with Crippen molar-refractivity contribution in [3.05, 3.63) is 23.8 Å². The zero-order valence-electron chi connectivity index (χ0n) is 17.2. The van der Waals surface area contributed by atoms with Crippen LogP contribution in [0.25, 0.3) is 0 Å². The number of carboxylic acids is 2. The molecule has 2 atom stereocenters. The Morgan fingerprint density at radius 2 is 1.43 bits per heavy atom. The van der Waals surface area contributed by atoms with Crippen molar-refractivity contribution in [2.45, 2.75) is 44.3 Å². The first-order valence-corrected chi connectivity index (χ1v) is 9.60. The van der Waals surface area contributed by atoms with Crippen molar-refractivity contribution < 1.29 is 50.3 Å². The molecular weight excluding hydrogens is 573 g/mol. The number of carboxylic acid groups (broad SMARTS) is 2. The maximum absolute atomic E-state index is 10.9. The van der Waals surface area contributed by atoms with Gasteiger partial charge in [0.1, 0.15) is 11.5 Å². The van der Waals surface area contributed by atoms with Gasteiger partial charge in [0.25, 0.3) is 0 Å². The molecule has 1 aromatic rings. The molecule has 0 unspecified atom stereocenters. The van der Waals surface area contributed by atoms with Crippen LogP contribution in [0.2, 0.25) is 0 Å². The summed E-state index contributed by atoms with van der Waals surface area (Å²) in [6.07, 6.45) is 4.80. The second kappa shape index (κ2) is 11.6. The summed E-state index contributed by atoms with van der Waals surface area (Å²) in [4.78, 5) is 23.6. The Morgan fingerprint density at radius 1 is 1.00 bits per heavy atom. The fraction of sp³-hybridized carbons (Fsp3) is 0.600. The van der Waals surface area contributed by atoms with Gasteiger partial charge in [-0.05, 0) is 30.5 Å². The van der Waals surface area contributed by atoms with Gasteiger partial charge in [0.2, 0.25) is 0 Å². The van der Waals surface area contributed by atoms with Crippen molar-refractivity contribution in [3.63, 3.8) is 0 Å². The number of nitrogens with zero attached hydrogens (tertiary/aromatic N) is 1. The number of carbonyl (C=O) groups excluding carboxylic acids is 2. The second-order valence-electron chi connectivity index (χ2n) is 7.64. The smallest absolute Gasteiger partial charge is 0.549 e. The molecule has 30 heavy (non-hydrogen) atoms. The summed E-state index contributed by atoms with van der Waals surface area (Å²) in [5.41, 5.74) is 10.2. The van der Waals surface area contributed by atoms with E-state index in [2.05, 4.69) is 0 Å². The number of ether oxygens (including phenoxy) is 2. The van der Waals surface area contributed by atoms with E-state index in [4.69, 9.17) is 20.9 Å². The van der Waals surface area contributed by atoms with E-state index < -0.39 is 17.4 Å². The van der Waals surface area contributed by atoms with Crippen LogP contribution in [0.3, 0.4) is 0 Å². The number of carbonyl (C=O) groups is 2. The number of nitrogens with two attached hydrogens (primary N) is 2. The summed E-state index contributed by atoms with van der Waals surface area (Å²) in [5.74, 6) is -2.00. The van der Waals surface area contributed by atoms with Crippen molar-refractivity contribution in [2.75, 3.05) is 27.3 Å². The van der Waals surface area contributed by atoms with Gasteiger partial charge in [-0.1, -0.05) is 12.8 Å². The molecule has 1 aliphatic heterocycles. The third-order valence-corrected chi connectivity index (χ3v) is 5.46. The fourth-order valence-corrected chi connectivity index (χ4v) is 3.57. The molecule has 1 aliphatic carbocycles. The summed E-state index contributed by atoms with van der Waals surface area (Å²) >= 11 is 0. The number of hydrogen-bond acceptors (Lipinski definition) is 9. The molecule has 0 radical (unpaired) electrons. The van der Waals surface area contributed by atoms with Crippen LogP contribution in [0.15, 0.2) is 18.2 Å². The summed E-state index contributed by atoms with van der Waals surface area (Å²) in [6, 6.07) is 5.83. The Kier molecular flexibility index (Phi) is 10.2. The van der Waals surface area contributed by atoms with E-state index in [1.54, 1.807) is 23.1 Å². The van der Waals surface area contributed by atoms with E-state index in [1.807, 2.05) is 0 Å². The van der Waals surface area contributed by atoms with Gasteiger partial charge in [0.05, 0.1) is 31.6 Å². The summed E-state index contributed by atoms with van der Waals surface area (Å²) in [6.45, 7) is 0.101. The maximum Gasteiger partial charge on any atom is 2.00 e. The number of hydrogen-bond donors (Lipinski definition) is 2. The van der Waals surface area contributed by atoms with Gasteiger partial charge in [0.15, 0.2) is 0 Å². The van der Waals surface area contributed by atoms with Gasteiger partial charge in [-0.3, -0.25) is 4.90 Å². The number of rotatable bonds is 6. The number of aliphatic carboxylic acids is 2. The molecule has 1 saturated heterocycles. The third kappa shape index (κ3) is 6.41. The van der Waals surface area contributed by atoms with E-state index >= 15 is 0 Å².